The van der Waals surface area contributed by atoms with Crippen molar-refractivity contribution in [2.45, 2.75) is 19.6 Å². The minimum absolute atomic E-state index is 0.240. The Bertz CT molecular complexity index is 949. The number of hydrogen-bond acceptors (Lipinski definition) is 5. The number of benzene rings is 1. The number of ether oxygens (including phenoxy) is 1. The first-order valence-electron chi connectivity index (χ1n) is 8.32. The monoisotopic (exact) mass is 334 g/mol. The summed E-state index contributed by atoms with van der Waals surface area (Å²) in [5, 5.41) is 16.0. The molecule has 6 heteroatoms. The highest BCUT2D eigenvalue weighted by atomic mass is 16.5. The molecule has 1 fully saturated rings. The zero-order chi connectivity index (χ0) is 17.1. The van der Waals surface area contributed by atoms with Gasteiger partial charge >= 0.3 is 0 Å². The Labute approximate surface area is 145 Å². The van der Waals surface area contributed by atoms with Crippen LogP contribution in [-0.2, 0) is 11.5 Å². The van der Waals surface area contributed by atoms with Crippen LogP contribution in [0.2, 0.25) is 0 Å². The van der Waals surface area contributed by atoms with Crippen molar-refractivity contribution in [1.82, 2.24) is 19.7 Å². The van der Waals surface area contributed by atoms with Crippen molar-refractivity contribution >= 4 is 10.8 Å². The third-order valence-corrected chi connectivity index (χ3v) is 4.31. The maximum Gasteiger partial charge on any atom is 0.226 e. The molecule has 0 radical (unpaired) electrons. The lowest BCUT2D eigenvalue weighted by atomic mass is 10.0. The Balaban J connectivity index is 1.66. The molecule has 0 atom stereocenters. The van der Waals surface area contributed by atoms with Gasteiger partial charge in [0, 0.05) is 42.5 Å². The zero-order valence-electron chi connectivity index (χ0n) is 13.7. The summed E-state index contributed by atoms with van der Waals surface area (Å²) in [5.41, 5.74) is 0.888. The summed E-state index contributed by atoms with van der Waals surface area (Å²) in [4.78, 5) is 8.64. The highest BCUT2D eigenvalue weighted by Gasteiger charge is 2.13. The van der Waals surface area contributed by atoms with Gasteiger partial charge in [-0.2, -0.15) is 4.98 Å². The molecule has 3 heterocycles. The first-order chi connectivity index (χ1) is 12.3. The van der Waals surface area contributed by atoms with Gasteiger partial charge in [-0.05, 0) is 36.3 Å². The number of rotatable bonds is 2. The lowest BCUT2D eigenvalue weighted by Gasteiger charge is -2.16. The van der Waals surface area contributed by atoms with Crippen molar-refractivity contribution in [3.63, 3.8) is 0 Å². The van der Waals surface area contributed by atoms with E-state index in [2.05, 4.69) is 26.9 Å². The summed E-state index contributed by atoms with van der Waals surface area (Å²) in [6.45, 7) is 1.28. The first-order valence-corrected chi connectivity index (χ1v) is 8.32. The fourth-order valence-corrected chi connectivity index (χ4v) is 2.94. The predicted octanol–water partition coefficient (Wildman–Crippen LogP) is 2.22. The molecule has 4 rings (SSSR count). The number of aliphatic hydroxyl groups is 1. The van der Waals surface area contributed by atoms with Crippen molar-refractivity contribution in [1.29, 1.82) is 0 Å². The number of pyridine rings is 1. The molecular formula is C19H18N4O2. The molecule has 2 aromatic heterocycles. The number of fused-ring (bicyclic) bond motifs is 1. The van der Waals surface area contributed by atoms with Crippen molar-refractivity contribution in [3.8, 4) is 23.2 Å². The Kier molecular flexibility index (Phi) is 4.42. The molecule has 1 aliphatic heterocycles. The minimum Gasteiger partial charge on any atom is -0.381 e. The van der Waals surface area contributed by atoms with Gasteiger partial charge in [-0.3, -0.25) is 4.98 Å². The summed E-state index contributed by atoms with van der Waals surface area (Å²) in [6.07, 6.45) is 5.47. The van der Waals surface area contributed by atoms with E-state index in [1.807, 2.05) is 30.5 Å². The Morgan fingerprint density at radius 1 is 1.20 bits per heavy atom. The number of aliphatic hydroxyl groups excluding tert-OH is 1. The molecule has 0 aliphatic carbocycles. The number of nitrogens with zero attached hydrogens (tertiary/aromatic N) is 4. The topological polar surface area (TPSA) is 73.1 Å². The van der Waals surface area contributed by atoms with Crippen LogP contribution in [0.4, 0.5) is 0 Å². The fraction of sp³-hybridized carbons (Fsp3) is 0.316. The van der Waals surface area contributed by atoms with Gasteiger partial charge in [-0.25, -0.2) is 4.68 Å². The van der Waals surface area contributed by atoms with E-state index < -0.39 is 0 Å². The maximum absolute atomic E-state index is 9.61. The number of hydrogen-bond donors (Lipinski definition) is 1. The van der Waals surface area contributed by atoms with Gasteiger partial charge in [-0.15, -0.1) is 5.10 Å². The Morgan fingerprint density at radius 3 is 2.92 bits per heavy atom. The normalized spacial score (nSPS) is 15.1. The fourth-order valence-electron chi connectivity index (χ4n) is 2.94. The highest BCUT2D eigenvalue weighted by molar-refractivity contribution is 5.85. The summed E-state index contributed by atoms with van der Waals surface area (Å²) >= 11 is 0. The maximum atomic E-state index is 9.61. The third kappa shape index (κ3) is 3.38. The second-order valence-electron chi connectivity index (χ2n) is 5.99. The minimum atomic E-state index is -0.240. The standard InChI is InChI=1S/C19H18N4O2/c24-13-23-19(16-2-3-17-12-20-8-5-15(17)11-16)21-18(22-23)4-1-14-6-9-25-10-7-14/h2-3,5,8,11-12,14,24H,6-7,9-10,13H2. The molecule has 1 aliphatic rings. The van der Waals surface area contributed by atoms with E-state index in [1.54, 1.807) is 6.20 Å². The quantitative estimate of drug-likeness (QED) is 0.728. The molecule has 1 N–H and O–H groups in total. The van der Waals surface area contributed by atoms with E-state index in [0.29, 0.717) is 17.6 Å². The van der Waals surface area contributed by atoms with E-state index in [1.165, 1.54) is 4.68 Å². The smallest absolute Gasteiger partial charge is 0.226 e. The van der Waals surface area contributed by atoms with Crippen molar-refractivity contribution in [2.75, 3.05) is 13.2 Å². The van der Waals surface area contributed by atoms with E-state index in [4.69, 9.17) is 4.74 Å². The van der Waals surface area contributed by atoms with Crippen LogP contribution in [0, 0.1) is 17.8 Å². The van der Waals surface area contributed by atoms with E-state index in [-0.39, 0.29) is 6.73 Å². The second-order valence-corrected chi connectivity index (χ2v) is 5.99. The van der Waals surface area contributed by atoms with Gasteiger partial charge in [0.1, 0.15) is 6.73 Å². The molecule has 3 aromatic rings. The lowest BCUT2D eigenvalue weighted by Crippen LogP contribution is -2.13. The van der Waals surface area contributed by atoms with Crippen LogP contribution in [0.3, 0.4) is 0 Å². The van der Waals surface area contributed by atoms with Gasteiger partial charge in [0.15, 0.2) is 5.82 Å². The largest absolute Gasteiger partial charge is 0.381 e. The van der Waals surface area contributed by atoms with Crippen LogP contribution < -0.4 is 0 Å². The van der Waals surface area contributed by atoms with Crippen LogP contribution in [0.1, 0.15) is 18.7 Å². The van der Waals surface area contributed by atoms with Crippen molar-refractivity contribution < 1.29 is 9.84 Å². The van der Waals surface area contributed by atoms with Crippen LogP contribution in [-0.4, -0.2) is 38.1 Å². The van der Waals surface area contributed by atoms with Gasteiger partial charge in [-0.1, -0.05) is 18.1 Å². The molecule has 1 aromatic carbocycles. The molecule has 0 bridgehead atoms. The van der Waals surface area contributed by atoms with Gasteiger partial charge in [0.25, 0.3) is 0 Å². The first kappa shape index (κ1) is 15.8. The molecule has 0 unspecified atom stereocenters. The predicted molar refractivity (Wildman–Crippen MR) is 93.4 cm³/mol. The molecule has 25 heavy (non-hydrogen) atoms. The molecule has 0 saturated carbocycles. The van der Waals surface area contributed by atoms with Crippen LogP contribution in [0.15, 0.2) is 36.7 Å². The third-order valence-electron chi connectivity index (χ3n) is 4.31. The molecular weight excluding hydrogens is 316 g/mol. The molecule has 6 nitrogen and oxygen atoms in total. The summed E-state index contributed by atoms with van der Waals surface area (Å²) in [7, 11) is 0. The van der Waals surface area contributed by atoms with E-state index in [0.717, 1.165) is 42.4 Å². The van der Waals surface area contributed by atoms with Gasteiger partial charge in [0.2, 0.25) is 5.82 Å². The van der Waals surface area contributed by atoms with E-state index in [9.17, 15) is 5.11 Å². The Hall–Kier alpha value is -2.75. The van der Waals surface area contributed by atoms with Crippen LogP contribution >= 0.6 is 0 Å². The van der Waals surface area contributed by atoms with Gasteiger partial charge < -0.3 is 9.84 Å². The lowest BCUT2D eigenvalue weighted by molar-refractivity contribution is 0.0807. The van der Waals surface area contributed by atoms with E-state index >= 15 is 0 Å². The van der Waals surface area contributed by atoms with Crippen LogP contribution in [0.5, 0.6) is 0 Å². The second kappa shape index (κ2) is 7.01. The summed E-state index contributed by atoms with van der Waals surface area (Å²) < 4.78 is 6.81. The average Bonchev–Trinajstić information content (AvgIpc) is 3.10. The van der Waals surface area contributed by atoms with Crippen LogP contribution in [0.25, 0.3) is 22.2 Å². The highest BCUT2D eigenvalue weighted by Crippen LogP contribution is 2.23. The molecule has 0 spiro atoms. The average molecular weight is 334 g/mol. The molecule has 0 amide bonds. The molecule has 1 saturated heterocycles. The Morgan fingerprint density at radius 2 is 2.08 bits per heavy atom. The molecule has 126 valence electrons. The van der Waals surface area contributed by atoms with Crippen molar-refractivity contribution in [3.05, 3.63) is 42.5 Å². The summed E-state index contributed by atoms with van der Waals surface area (Å²) in [5.74, 6) is 7.64. The van der Waals surface area contributed by atoms with Crippen molar-refractivity contribution in [2.24, 2.45) is 5.92 Å². The SMILES string of the molecule is OCn1nc(C#CC2CCOCC2)nc1-c1ccc2cnccc2c1. The zero-order valence-corrected chi connectivity index (χ0v) is 13.7. The summed E-state index contributed by atoms with van der Waals surface area (Å²) in [6, 6.07) is 7.91. The van der Waals surface area contributed by atoms with Gasteiger partial charge in [0.05, 0.1) is 0 Å². The number of aromatic nitrogens is 4.